The molecule has 0 heterocycles. The molecule has 1 saturated carbocycles. The summed E-state index contributed by atoms with van der Waals surface area (Å²) in [6, 6.07) is 0. The molecule has 110 valence electrons. The van der Waals surface area contributed by atoms with Gasteiger partial charge in [0.1, 0.15) is 0 Å². The Morgan fingerprint density at radius 2 is 1.63 bits per heavy atom. The van der Waals surface area contributed by atoms with Crippen LogP contribution in [0.4, 0.5) is 22.0 Å². The Balaban J connectivity index is 2.82. The summed E-state index contributed by atoms with van der Waals surface area (Å²) in [5, 5.41) is 8.93. The van der Waals surface area contributed by atoms with Crippen LogP contribution in [0, 0.1) is 5.92 Å². The molecule has 0 aromatic carbocycles. The minimum Gasteiger partial charge on any atom is -0.478 e. The third kappa shape index (κ3) is 4.18. The molecule has 0 aromatic heterocycles. The second-order valence-electron chi connectivity index (χ2n) is 4.71. The van der Waals surface area contributed by atoms with Gasteiger partial charge in [0.25, 0.3) is 0 Å². The van der Waals surface area contributed by atoms with E-state index in [-0.39, 0.29) is 5.57 Å². The molecule has 1 rings (SSSR count). The largest absolute Gasteiger partial charge is 0.478 e. The van der Waals surface area contributed by atoms with Crippen molar-refractivity contribution in [1.29, 1.82) is 0 Å². The zero-order valence-electron chi connectivity index (χ0n) is 10.1. The summed E-state index contributed by atoms with van der Waals surface area (Å²) in [5.41, 5.74) is -0.316. The Hall–Kier alpha value is -1.14. The summed E-state index contributed by atoms with van der Waals surface area (Å²) in [5.74, 6) is -6.72. The van der Waals surface area contributed by atoms with Crippen LogP contribution in [0.15, 0.2) is 11.6 Å². The molecule has 0 saturated heterocycles. The Morgan fingerprint density at radius 1 is 1.11 bits per heavy atom. The van der Waals surface area contributed by atoms with E-state index in [1.165, 1.54) is 0 Å². The van der Waals surface area contributed by atoms with Gasteiger partial charge >= 0.3 is 18.1 Å². The first kappa shape index (κ1) is 15.9. The molecule has 1 fully saturated rings. The number of alkyl halides is 5. The molecule has 1 aliphatic rings. The van der Waals surface area contributed by atoms with Crippen molar-refractivity contribution in [2.45, 2.75) is 50.6 Å². The van der Waals surface area contributed by atoms with Crippen molar-refractivity contribution in [2.75, 3.05) is 0 Å². The lowest BCUT2D eigenvalue weighted by molar-refractivity contribution is -0.280. The lowest BCUT2D eigenvalue weighted by atomic mass is 9.83. The van der Waals surface area contributed by atoms with Crippen molar-refractivity contribution in [2.24, 2.45) is 5.92 Å². The summed E-state index contributed by atoms with van der Waals surface area (Å²) in [4.78, 5) is 11.0. The fourth-order valence-electron chi connectivity index (χ4n) is 2.20. The smallest absolute Gasteiger partial charge is 0.453 e. The molecule has 19 heavy (non-hydrogen) atoms. The standard InChI is InChI=1S/C12H15F5O2/c13-11(14,12(15,16)17)7-6-9(10(18)19)8-4-2-1-3-5-8/h6,8H,1-5,7H2,(H,18,19). The highest BCUT2D eigenvalue weighted by Gasteiger charge is 2.56. The average molecular weight is 286 g/mol. The molecule has 0 amide bonds. The van der Waals surface area contributed by atoms with Crippen molar-refractivity contribution in [3.8, 4) is 0 Å². The quantitative estimate of drug-likeness (QED) is 0.622. The van der Waals surface area contributed by atoms with Gasteiger partial charge in [0.15, 0.2) is 0 Å². The van der Waals surface area contributed by atoms with Crippen LogP contribution in [0.2, 0.25) is 0 Å². The van der Waals surface area contributed by atoms with E-state index in [0.29, 0.717) is 18.9 Å². The van der Waals surface area contributed by atoms with Crippen molar-refractivity contribution in [3.63, 3.8) is 0 Å². The zero-order chi connectivity index (χ0) is 14.7. The number of carbonyl (C=O) groups is 1. The molecule has 0 bridgehead atoms. The minimum absolute atomic E-state index is 0.316. The van der Waals surface area contributed by atoms with E-state index in [1.807, 2.05) is 0 Å². The van der Waals surface area contributed by atoms with Gasteiger partial charge < -0.3 is 5.11 Å². The predicted molar refractivity (Wildman–Crippen MR) is 57.9 cm³/mol. The normalized spacial score (nSPS) is 19.5. The lowest BCUT2D eigenvalue weighted by Crippen LogP contribution is -2.36. The molecule has 0 atom stereocenters. The number of hydrogen-bond acceptors (Lipinski definition) is 1. The van der Waals surface area contributed by atoms with Crippen LogP contribution in [-0.4, -0.2) is 23.2 Å². The maximum absolute atomic E-state index is 12.8. The summed E-state index contributed by atoms with van der Waals surface area (Å²) >= 11 is 0. The second-order valence-corrected chi connectivity index (χ2v) is 4.71. The maximum atomic E-state index is 12.8. The topological polar surface area (TPSA) is 37.3 Å². The first-order valence-corrected chi connectivity index (χ1v) is 6.03. The number of halogens is 5. The average Bonchev–Trinajstić information content (AvgIpc) is 2.28. The van der Waals surface area contributed by atoms with Crippen LogP contribution in [0.3, 0.4) is 0 Å². The van der Waals surface area contributed by atoms with Gasteiger partial charge in [-0.2, -0.15) is 22.0 Å². The monoisotopic (exact) mass is 286 g/mol. The van der Waals surface area contributed by atoms with Gasteiger partial charge in [0, 0.05) is 12.0 Å². The summed E-state index contributed by atoms with van der Waals surface area (Å²) in [6.45, 7) is 0. The number of aliphatic carboxylic acids is 1. The van der Waals surface area contributed by atoms with Gasteiger partial charge in [-0.3, -0.25) is 0 Å². The predicted octanol–water partition coefficient (Wildman–Crippen LogP) is 4.17. The van der Waals surface area contributed by atoms with Gasteiger partial charge in [-0.1, -0.05) is 25.3 Å². The highest BCUT2D eigenvalue weighted by atomic mass is 19.4. The molecule has 2 nitrogen and oxygen atoms in total. The Kier molecular flexibility index (Phi) is 4.92. The molecule has 1 aliphatic carbocycles. The van der Waals surface area contributed by atoms with E-state index in [0.717, 1.165) is 19.3 Å². The van der Waals surface area contributed by atoms with Crippen LogP contribution in [0.25, 0.3) is 0 Å². The third-order valence-electron chi connectivity index (χ3n) is 3.29. The molecular formula is C12H15F5O2. The number of hydrogen-bond donors (Lipinski definition) is 1. The van der Waals surface area contributed by atoms with Crippen LogP contribution in [-0.2, 0) is 4.79 Å². The lowest BCUT2D eigenvalue weighted by Gasteiger charge is -2.23. The number of rotatable bonds is 4. The fraction of sp³-hybridized carbons (Fsp3) is 0.750. The summed E-state index contributed by atoms with van der Waals surface area (Å²) in [7, 11) is 0. The van der Waals surface area contributed by atoms with E-state index in [9.17, 15) is 26.7 Å². The molecule has 0 spiro atoms. The molecule has 0 radical (unpaired) electrons. The van der Waals surface area contributed by atoms with Gasteiger partial charge in [-0.05, 0) is 18.8 Å². The van der Waals surface area contributed by atoms with Crippen LogP contribution >= 0.6 is 0 Å². The Labute approximate surface area is 107 Å². The van der Waals surface area contributed by atoms with E-state index in [4.69, 9.17) is 5.11 Å². The van der Waals surface area contributed by atoms with Gasteiger partial charge in [-0.25, -0.2) is 4.79 Å². The first-order chi connectivity index (χ1) is 8.65. The molecule has 0 unspecified atom stereocenters. The molecule has 7 heteroatoms. The highest BCUT2D eigenvalue weighted by Crippen LogP contribution is 2.39. The van der Waals surface area contributed by atoms with Crippen molar-refractivity contribution >= 4 is 5.97 Å². The summed E-state index contributed by atoms with van der Waals surface area (Å²) < 4.78 is 61.5. The van der Waals surface area contributed by atoms with Gasteiger partial charge in [0.2, 0.25) is 0 Å². The van der Waals surface area contributed by atoms with Crippen molar-refractivity contribution in [3.05, 3.63) is 11.6 Å². The number of carboxylic acids is 1. The highest BCUT2D eigenvalue weighted by molar-refractivity contribution is 5.87. The number of carboxylic acid groups (broad SMARTS) is 1. The van der Waals surface area contributed by atoms with Crippen LogP contribution in [0.5, 0.6) is 0 Å². The molecule has 0 aromatic rings. The molecule has 0 aliphatic heterocycles. The van der Waals surface area contributed by atoms with E-state index < -0.39 is 30.4 Å². The minimum atomic E-state index is -5.65. The van der Waals surface area contributed by atoms with Gasteiger partial charge in [-0.15, -0.1) is 0 Å². The Bertz CT molecular complexity index is 354. The third-order valence-corrected chi connectivity index (χ3v) is 3.29. The first-order valence-electron chi connectivity index (χ1n) is 6.03. The van der Waals surface area contributed by atoms with Gasteiger partial charge in [0.05, 0.1) is 0 Å². The van der Waals surface area contributed by atoms with Crippen LogP contribution < -0.4 is 0 Å². The van der Waals surface area contributed by atoms with E-state index >= 15 is 0 Å². The SMILES string of the molecule is O=C(O)C(=CCC(F)(F)C(F)(F)F)C1CCCCC1. The Morgan fingerprint density at radius 3 is 2.05 bits per heavy atom. The summed E-state index contributed by atoms with van der Waals surface area (Å²) in [6.07, 6.45) is -3.22. The van der Waals surface area contributed by atoms with Crippen molar-refractivity contribution in [1.82, 2.24) is 0 Å². The van der Waals surface area contributed by atoms with Crippen molar-refractivity contribution < 1.29 is 31.9 Å². The van der Waals surface area contributed by atoms with E-state index in [1.54, 1.807) is 0 Å². The van der Waals surface area contributed by atoms with Crippen LogP contribution in [0.1, 0.15) is 38.5 Å². The molecular weight excluding hydrogens is 271 g/mol. The van der Waals surface area contributed by atoms with E-state index in [2.05, 4.69) is 0 Å². The molecule has 1 N–H and O–H groups in total. The maximum Gasteiger partial charge on any atom is 0.453 e. The zero-order valence-corrected chi connectivity index (χ0v) is 10.1. The fourth-order valence-corrected chi connectivity index (χ4v) is 2.20. The number of allylic oxidation sites excluding steroid dienone is 1. The second kappa shape index (κ2) is 5.88.